The molecule has 2 aromatic rings. The van der Waals surface area contributed by atoms with Crippen molar-refractivity contribution in [1.82, 2.24) is 19.8 Å². The monoisotopic (exact) mass is 368 g/mol. The first-order valence-electron chi connectivity index (χ1n) is 9.65. The summed E-state index contributed by atoms with van der Waals surface area (Å²) < 4.78 is 13.4. The first-order valence-corrected chi connectivity index (χ1v) is 9.65. The molecule has 2 aliphatic rings. The summed E-state index contributed by atoms with van der Waals surface area (Å²) in [5.74, 6) is 1.14. The minimum absolute atomic E-state index is 0.102. The third kappa shape index (κ3) is 4.16. The molecule has 6 heteroatoms. The second-order valence-electron chi connectivity index (χ2n) is 7.59. The molecule has 1 saturated heterocycles. The van der Waals surface area contributed by atoms with E-state index in [4.69, 9.17) is 4.98 Å². The van der Waals surface area contributed by atoms with E-state index in [9.17, 15) is 9.18 Å². The number of amides is 1. The summed E-state index contributed by atoms with van der Waals surface area (Å²) in [4.78, 5) is 25.3. The molecule has 4 rings (SSSR count). The molecular weight excluding hydrogens is 343 g/mol. The first kappa shape index (κ1) is 18.0. The van der Waals surface area contributed by atoms with E-state index in [0.29, 0.717) is 12.5 Å². The van der Waals surface area contributed by atoms with Crippen molar-refractivity contribution in [2.75, 3.05) is 19.6 Å². The number of benzene rings is 1. The standard InChI is InChI=1S/C21H25FN4O/c1-15(27)26-9-7-20-18(14-26)11-23-21(24-20)17-5-3-8-25(13-17)12-16-4-2-6-19(22)10-16/h2,4,6,10-11,17H,3,5,7-9,12-14H2,1H3. The Morgan fingerprint density at radius 3 is 3.04 bits per heavy atom. The Morgan fingerprint density at radius 2 is 2.22 bits per heavy atom. The number of piperidine rings is 1. The average Bonchev–Trinajstić information content (AvgIpc) is 2.67. The molecule has 0 N–H and O–H groups in total. The van der Waals surface area contributed by atoms with Gasteiger partial charge in [0, 0.05) is 57.2 Å². The molecule has 3 heterocycles. The highest BCUT2D eigenvalue weighted by molar-refractivity contribution is 5.73. The highest BCUT2D eigenvalue weighted by atomic mass is 19.1. The van der Waals surface area contributed by atoms with Crippen LogP contribution < -0.4 is 0 Å². The van der Waals surface area contributed by atoms with Crippen LogP contribution in [0.25, 0.3) is 0 Å². The number of nitrogens with zero attached hydrogens (tertiary/aromatic N) is 4. The minimum Gasteiger partial charge on any atom is -0.338 e. The van der Waals surface area contributed by atoms with Crippen LogP contribution in [0.4, 0.5) is 4.39 Å². The van der Waals surface area contributed by atoms with Gasteiger partial charge in [-0.05, 0) is 37.1 Å². The van der Waals surface area contributed by atoms with Gasteiger partial charge in [0.05, 0.1) is 5.69 Å². The van der Waals surface area contributed by atoms with Gasteiger partial charge in [0.1, 0.15) is 11.6 Å². The van der Waals surface area contributed by atoms with E-state index in [1.807, 2.05) is 17.2 Å². The normalized spacial score (nSPS) is 20.4. The SMILES string of the molecule is CC(=O)N1CCc2nc(C3CCCN(Cc4cccc(F)c4)C3)ncc2C1. The molecule has 1 atom stereocenters. The molecule has 1 aromatic heterocycles. The predicted octanol–water partition coefficient (Wildman–Crippen LogP) is 2.90. The highest BCUT2D eigenvalue weighted by Gasteiger charge is 2.26. The van der Waals surface area contributed by atoms with Crippen LogP contribution in [0.2, 0.25) is 0 Å². The topological polar surface area (TPSA) is 49.3 Å². The van der Waals surface area contributed by atoms with E-state index in [0.717, 1.165) is 68.1 Å². The lowest BCUT2D eigenvalue weighted by molar-refractivity contribution is -0.129. The van der Waals surface area contributed by atoms with Crippen molar-refractivity contribution in [2.24, 2.45) is 0 Å². The maximum atomic E-state index is 13.4. The Bertz CT molecular complexity index is 841. The number of hydrogen-bond acceptors (Lipinski definition) is 4. The molecule has 1 unspecified atom stereocenters. The van der Waals surface area contributed by atoms with Gasteiger partial charge in [0.25, 0.3) is 0 Å². The zero-order chi connectivity index (χ0) is 18.8. The van der Waals surface area contributed by atoms with Gasteiger partial charge in [-0.15, -0.1) is 0 Å². The van der Waals surface area contributed by atoms with Crippen molar-refractivity contribution < 1.29 is 9.18 Å². The Kier molecular flexibility index (Phi) is 5.16. The van der Waals surface area contributed by atoms with E-state index < -0.39 is 0 Å². The fraction of sp³-hybridized carbons (Fsp3) is 0.476. The Morgan fingerprint density at radius 1 is 1.33 bits per heavy atom. The van der Waals surface area contributed by atoms with Crippen molar-refractivity contribution in [3.05, 3.63) is 58.9 Å². The number of carbonyl (C=O) groups is 1. The number of likely N-dealkylation sites (tertiary alicyclic amines) is 1. The van der Waals surface area contributed by atoms with E-state index in [1.165, 1.54) is 6.07 Å². The quantitative estimate of drug-likeness (QED) is 0.836. The molecule has 5 nitrogen and oxygen atoms in total. The summed E-state index contributed by atoms with van der Waals surface area (Å²) in [6, 6.07) is 6.84. The van der Waals surface area contributed by atoms with Gasteiger partial charge < -0.3 is 4.90 Å². The molecule has 0 aliphatic carbocycles. The largest absolute Gasteiger partial charge is 0.338 e. The van der Waals surface area contributed by atoms with Crippen LogP contribution in [0.3, 0.4) is 0 Å². The van der Waals surface area contributed by atoms with Crippen molar-refractivity contribution in [3.8, 4) is 0 Å². The third-order valence-electron chi connectivity index (χ3n) is 5.56. The molecule has 142 valence electrons. The van der Waals surface area contributed by atoms with Crippen LogP contribution in [-0.2, 0) is 24.3 Å². The van der Waals surface area contributed by atoms with Gasteiger partial charge >= 0.3 is 0 Å². The molecular formula is C21H25FN4O. The van der Waals surface area contributed by atoms with E-state index in [-0.39, 0.29) is 11.7 Å². The Hall–Kier alpha value is -2.34. The number of halogens is 1. The maximum absolute atomic E-state index is 13.4. The zero-order valence-electron chi connectivity index (χ0n) is 15.7. The minimum atomic E-state index is -0.182. The van der Waals surface area contributed by atoms with Crippen molar-refractivity contribution in [1.29, 1.82) is 0 Å². The fourth-order valence-corrected chi connectivity index (χ4v) is 4.10. The first-order chi connectivity index (χ1) is 13.1. The molecule has 0 spiro atoms. The summed E-state index contributed by atoms with van der Waals surface area (Å²) in [6.07, 6.45) is 4.87. The van der Waals surface area contributed by atoms with Crippen LogP contribution >= 0.6 is 0 Å². The smallest absolute Gasteiger partial charge is 0.219 e. The van der Waals surface area contributed by atoms with Gasteiger partial charge in [-0.25, -0.2) is 14.4 Å². The third-order valence-corrected chi connectivity index (χ3v) is 5.56. The maximum Gasteiger partial charge on any atom is 0.219 e. The van der Waals surface area contributed by atoms with Crippen molar-refractivity contribution in [2.45, 2.75) is 45.2 Å². The lowest BCUT2D eigenvalue weighted by Gasteiger charge is -2.33. The lowest BCUT2D eigenvalue weighted by atomic mass is 9.96. The Labute approximate surface area is 159 Å². The number of carbonyl (C=O) groups excluding carboxylic acids is 1. The summed E-state index contributed by atoms with van der Waals surface area (Å²) in [5.41, 5.74) is 3.15. The van der Waals surface area contributed by atoms with E-state index >= 15 is 0 Å². The predicted molar refractivity (Wildman–Crippen MR) is 100 cm³/mol. The second-order valence-corrected chi connectivity index (χ2v) is 7.59. The molecule has 2 aliphatic heterocycles. The molecule has 0 radical (unpaired) electrons. The van der Waals surface area contributed by atoms with Crippen molar-refractivity contribution in [3.63, 3.8) is 0 Å². The number of hydrogen-bond donors (Lipinski definition) is 0. The van der Waals surface area contributed by atoms with Crippen molar-refractivity contribution >= 4 is 5.91 Å². The molecule has 1 amide bonds. The van der Waals surface area contributed by atoms with E-state index in [2.05, 4.69) is 9.88 Å². The van der Waals surface area contributed by atoms with Gasteiger partial charge in [-0.2, -0.15) is 0 Å². The molecule has 0 bridgehead atoms. The number of rotatable bonds is 3. The Balaban J connectivity index is 1.45. The zero-order valence-corrected chi connectivity index (χ0v) is 15.7. The van der Waals surface area contributed by atoms with Crippen LogP contribution in [0.1, 0.15) is 48.3 Å². The average molecular weight is 368 g/mol. The number of fused-ring (bicyclic) bond motifs is 1. The summed E-state index contributed by atoms with van der Waals surface area (Å²) in [5, 5.41) is 0. The molecule has 1 aromatic carbocycles. The molecule has 0 saturated carbocycles. The lowest BCUT2D eigenvalue weighted by Crippen LogP contribution is -2.36. The second kappa shape index (κ2) is 7.72. The summed E-state index contributed by atoms with van der Waals surface area (Å²) >= 11 is 0. The summed E-state index contributed by atoms with van der Waals surface area (Å²) in [6.45, 7) is 5.62. The molecule has 27 heavy (non-hydrogen) atoms. The highest BCUT2D eigenvalue weighted by Crippen LogP contribution is 2.27. The summed E-state index contributed by atoms with van der Waals surface area (Å²) in [7, 11) is 0. The molecule has 1 fully saturated rings. The van der Waals surface area contributed by atoms with Gasteiger partial charge in [0.15, 0.2) is 0 Å². The fourth-order valence-electron chi connectivity index (χ4n) is 4.10. The van der Waals surface area contributed by atoms with Crippen LogP contribution in [0.15, 0.2) is 30.5 Å². The van der Waals surface area contributed by atoms with E-state index in [1.54, 1.807) is 19.1 Å². The van der Waals surface area contributed by atoms with Gasteiger partial charge in [-0.3, -0.25) is 9.69 Å². The van der Waals surface area contributed by atoms with Crippen LogP contribution in [0.5, 0.6) is 0 Å². The number of aromatic nitrogens is 2. The van der Waals surface area contributed by atoms with Crippen LogP contribution in [0, 0.1) is 5.82 Å². The van der Waals surface area contributed by atoms with Crippen LogP contribution in [-0.4, -0.2) is 45.3 Å². The van der Waals surface area contributed by atoms with Gasteiger partial charge in [-0.1, -0.05) is 12.1 Å². The van der Waals surface area contributed by atoms with Gasteiger partial charge in [0.2, 0.25) is 5.91 Å².